The van der Waals surface area contributed by atoms with Gasteiger partial charge in [0.2, 0.25) is 0 Å². The van der Waals surface area contributed by atoms with E-state index in [2.05, 4.69) is 20.5 Å². The molecule has 152 valence electrons. The minimum atomic E-state index is -1.62. The van der Waals surface area contributed by atoms with E-state index in [0.29, 0.717) is 5.75 Å². The summed E-state index contributed by atoms with van der Waals surface area (Å²) in [6.45, 7) is 4.11. The van der Waals surface area contributed by atoms with Gasteiger partial charge >= 0.3 is 24.4 Å². The molecule has 28 heavy (non-hydrogen) atoms. The van der Waals surface area contributed by atoms with Crippen molar-refractivity contribution in [3.63, 3.8) is 0 Å². The molecule has 1 aromatic rings. The molecule has 1 rings (SSSR count). The summed E-state index contributed by atoms with van der Waals surface area (Å²) in [5.74, 6) is 0.382. The van der Waals surface area contributed by atoms with E-state index in [1.165, 1.54) is 0 Å². The van der Waals surface area contributed by atoms with Crippen molar-refractivity contribution in [2.75, 3.05) is 6.61 Å². The third-order valence-electron chi connectivity index (χ3n) is 2.70. The predicted octanol–water partition coefficient (Wildman–Crippen LogP) is 5.07. The summed E-state index contributed by atoms with van der Waals surface area (Å²) < 4.78 is 9.69. The Hall–Kier alpha value is -3.70. The fraction of sp³-hybridized carbons (Fsp3) is 0.375. The van der Waals surface area contributed by atoms with Crippen LogP contribution in [0.25, 0.3) is 0 Å². The molecule has 0 aliphatic carbocycles. The van der Waals surface area contributed by atoms with Crippen LogP contribution in [0.5, 0.6) is 5.75 Å². The van der Waals surface area contributed by atoms with E-state index in [9.17, 15) is 19.2 Å². The van der Waals surface area contributed by atoms with Crippen LogP contribution in [0.3, 0.4) is 0 Å². The number of hydrogen-bond acceptors (Lipinski definition) is 6. The summed E-state index contributed by atoms with van der Waals surface area (Å²) in [7, 11) is 0. The van der Waals surface area contributed by atoms with Crippen LogP contribution in [0.1, 0.15) is 31.7 Å². The second-order valence-electron chi connectivity index (χ2n) is 4.92. The molecule has 0 aliphatic heterocycles. The maximum Gasteiger partial charge on any atom is 0.458 e. The molecule has 0 radical (unpaired) electrons. The average Bonchev–Trinajstić information content (AvgIpc) is 2.64. The van der Waals surface area contributed by atoms with Crippen LogP contribution in [0.4, 0.5) is 19.2 Å². The molecule has 1 aromatic carbocycles. The van der Waals surface area contributed by atoms with E-state index < -0.39 is 24.4 Å². The van der Waals surface area contributed by atoms with Gasteiger partial charge in [0.05, 0.1) is 6.61 Å². The maximum absolute atomic E-state index is 11.4. The number of aryl methyl sites for hydroxylation is 1. The molecule has 0 aliphatic rings. The normalized spacial score (nSPS) is 10.2. The zero-order valence-corrected chi connectivity index (χ0v) is 15.3. The van der Waals surface area contributed by atoms with E-state index in [1.807, 2.05) is 13.0 Å². The zero-order chi connectivity index (χ0) is 21.4. The Morgan fingerprint density at radius 2 is 1.46 bits per heavy atom. The van der Waals surface area contributed by atoms with Gasteiger partial charge in [0, 0.05) is 0 Å². The summed E-state index contributed by atoms with van der Waals surface area (Å²) in [6.07, 6.45) is -2.31. The Labute approximate surface area is 159 Å². The highest BCUT2D eigenvalue weighted by Gasteiger charge is 2.07. The van der Waals surface area contributed by atoms with Crippen molar-refractivity contribution in [1.82, 2.24) is 0 Å². The van der Waals surface area contributed by atoms with Crippen molar-refractivity contribution < 1.29 is 38.9 Å². The minimum absolute atomic E-state index is 0.276. The van der Waals surface area contributed by atoms with Crippen molar-refractivity contribution >= 4 is 24.4 Å². The molecule has 2 N–H and O–H groups in total. The van der Waals surface area contributed by atoms with Gasteiger partial charge < -0.3 is 19.7 Å². The number of amides is 4. The molecular formula is C16H20N4O8. The van der Waals surface area contributed by atoms with Gasteiger partial charge in [0.1, 0.15) is 5.75 Å². The number of carbonyl (C=O) groups is 4. The van der Waals surface area contributed by atoms with Crippen molar-refractivity contribution in [1.29, 1.82) is 0 Å². The molecule has 0 unspecified atom stereocenters. The van der Waals surface area contributed by atoms with E-state index in [0.717, 1.165) is 24.8 Å². The van der Waals surface area contributed by atoms with E-state index >= 15 is 0 Å². The van der Waals surface area contributed by atoms with Gasteiger partial charge in [-0.15, -0.1) is 0 Å². The lowest BCUT2D eigenvalue weighted by Gasteiger charge is -2.02. The molecule has 12 heteroatoms. The van der Waals surface area contributed by atoms with Crippen LogP contribution in [0.15, 0.2) is 44.7 Å². The Morgan fingerprint density at radius 3 is 2.00 bits per heavy atom. The van der Waals surface area contributed by atoms with Gasteiger partial charge in [-0.2, -0.15) is 0 Å². The lowest BCUT2D eigenvalue weighted by molar-refractivity contribution is 0.152. The van der Waals surface area contributed by atoms with Gasteiger partial charge in [0.25, 0.3) is 0 Å². The number of benzene rings is 1. The highest BCUT2D eigenvalue weighted by Crippen LogP contribution is 2.16. The largest absolute Gasteiger partial charge is 0.462 e. The van der Waals surface area contributed by atoms with Crippen LogP contribution in [0.2, 0.25) is 0 Å². The van der Waals surface area contributed by atoms with E-state index in [4.69, 9.17) is 19.7 Å². The first-order valence-electron chi connectivity index (χ1n) is 7.99. The van der Waals surface area contributed by atoms with Gasteiger partial charge in [-0.3, -0.25) is 0 Å². The SMILES string of the molecule is CCCCCOC(=O)N=NC(=O)Oc1ccccc1C.O=C(O)N=NC(=O)O. The Morgan fingerprint density at radius 1 is 0.893 bits per heavy atom. The maximum atomic E-state index is 11.4. The number of azo groups is 2. The van der Waals surface area contributed by atoms with Crippen molar-refractivity contribution in [3.05, 3.63) is 29.8 Å². The number of unbranched alkanes of at least 4 members (excludes halogenated alkanes) is 2. The number of para-hydroxylation sites is 1. The Kier molecular flexibility index (Phi) is 12.6. The molecule has 0 aromatic heterocycles. The van der Waals surface area contributed by atoms with Crippen molar-refractivity contribution in [3.8, 4) is 5.75 Å². The molecule has 0 saturated heterocycles. The lowest BCUT2D eigenvalue weighted by atomic mass is 10.2. The number of carbonyl (C=O) groups excluding carboxylic acids is 2. The molecule has 4 amide bonds. The lowest BCUT2D eigenvalue weighted by Crippen LogP contribution is -2.05. The Bertz CT molecular complexity index is 717. The summed E-state index contributed by atoms with van der Waals surface area (Å²) in [5, 5.41) is 26.1. The molecule has 0 spiro atoms. The van der Waals surface area contributed by atoms with E-state index in [-0.39, 0.29) is 6.61 Å². The van der Waals surface area contributed by atoms with Crippen LogP contribution >= 0.6 is 0 Å². The van der Waals surface area contributed by atoms with Crippen LogP contribution in [-0.4, -0.2) is 41.2 Å². The summed E-state index contributed by atoms with van der Waals surface area (Å²) in [5.41, 5.74) is 0.790. The zero-order valence-electron chi connectivity index (χ0n) is 15.3. The van der Waals surface area contributed by atoms with Gasteiger partial charge in [-0.1, -0.05) is 58.4 Å². The Balaban J connectivity index is 0.000000769. The molecule has 0 saturated carbocycles. The highest BCUT2D eigenvalue weighted by atomic mass is 16.6. The molecule has 0 bridgehead atoms. The minimum Gasteiger partial charge on any atom is -0.462 e. The molecule has 12 nitrogen and oxygen atoms in total. The molecular weight excluding hydrogens is 376 g/mol. The smallest absolute Gasteiger partial charge is 0.458 e. The highest BCUT2D eigenvalue weighted by molar-refractivity contribution is 5.75. The summed E-state index contributed by atoms with van der Waals surface area (Å²) >= 11 is 0. The van der Waals surface area contributed by atoms with Crippen LogP contribution in [0, 0.1) is 6.92 Å². The summed E-state index contributed by atoms with van der Waals surface area (Å²) in [6, 6.07) is 6.98. The van der Waals surface area contributed by atoms with Crippen LogP contribution < -0.4 is 4.74 Å². The number of rotatable bonds is 5. The van der Waals surface area contributed by atoms with Gasteiger partial charge in [-0.05, 0) is 25.0 Å². The van der Waals surface area contributed by atoms with E-state index in [1.54, 1.807) is 25.1 Å². The fourth-order valence-electron chi connectivity index (χ4n) is 1.49. The standard InChI is InChI=1S/C14H18N2O4.C2H2N2O4/c1-3-4-7-10-19-13(17)15-16-14(18)20-12-9-6-5-8-11(12)2;5-1(6)3-4-2(7)8/h5-6,8-9H,3-4,7,10H2,1-2H3;(H,5,6)(H,7,8). The number of hydrogen-bond donors (Lipinski definition) is 2. The summed E-state index contributed by atoms with van der Waals surface area (Å²) in [4.78, 5) is 41.3. The van der Waals surface area contributed by atoms with Crippen molar-refractivity contribution in [2.24, 2.45) is 20.5 Å². The van der Waals surface area contributed by atoms with Crippen LogP contribution in [-0.2, 0) is 4.74 Å². The molecule has 0 fully saturated rings. The first kappa shape index (κ1) is 24.3. The predicted molar refractivity (Wildman–Crippen MR) is 93.8 cm³/mol. The quantitative estimate of drug-likeness (QED) is 0.511. The first-order valence-corrected chi connectivity index (χ1v) is 7.99. The van der Waals surface area contributed by atoms with Crippen molar-refractivity contribution in [2.45, 2.75) is 33.1 Å². The number of ether oxygens (including phenoxy) is 2. The average molecular weight is 396 g/mol. The topological polar surface area (TPSA) is 177 Å². The second kappa shape index (κ2) is 14.5. The van der Waals surface area contributed by atoms with Gasteiger partial charge in [-0.25, -0.2) is 19.2 Å². The molecule has 0 atom stereocenters. The number of carboxylic acid groups (broad SMARTS) is 2. The first-order chi connectivity index (χ1) is 13.3. The monoisotopic (exact) mass is 396 g/mol. The fourth-order valence-corrected chi connectivity index (χ4v) is 1.49. The number of nitrogens with zero attached hydrogens (tertiary/aromatic N) is 4. The van der Waals surface area contributed by atoms with Gasteiger partial charge in [0.15, 0.2) is 0 Å². The third-order valence-corrected chi connectivity index (χ3v) is 2.70. The molecule has 0 heterocycles. The second-order valence-corrected chi connectivity index (χ2v) is 4.92. The third kappa shape index (κ3) is 13.6.